The Balaban J connectivity index is 1.50. The Morgan fingerprint density at radius 1 is 1.12 bits per heavy atom. The lowest BCUT2D eigenvalue weighted by molar-refractivity contribution is -0.146. The van der Waals surface area contributed by atoms with Gasteiger partial charge >= 0.3 is 6.09 Å². The van der Waals surface area contributed by atoms with E-state index in [1.165, 1.54) is 4.90 Å². The summed E-state index contributed by atoms with van der Waals surface area (Å²) in [5.74, 6) is -2.72. The number of imide groups is 1. The van der Waals surface area contributed by atoms with E-state index in [0.29, 0.717) is 18.6 Å². The van der Waals surface area contributed by atoms with Crippen molar-refractivity contribution < 1.29 is 29.3 Å². The molecule has 0 spiro atoms. The van der Waals surface area contributed by atoms with Crippen molar-refractivity contribution in [2.45, 2.75) is 64.4 Å². The van der Waals surface area contributed by atoms with Crippen molar-refractivity contribution >= 4 is 23.6 Å². The third-order valence-corrected chi connectivity index (χ3v) is 6.95. The van der Waals surface area contributed by atoms with Crippen LogP contribution in [0.2, 0.25) is 0 Å². The van der Waals surface area contributed by atoms with Crippen LogP contribution in [0, 0.1) is 23.7 Å². The van der Waals surface area contributed by atoms with Gasteiger partial charge in [0.15, 0.2) is 0 Å². The van der Waals surface area contributed by atoms with Gasteiger partial charge in [0.05, 0.1) is 24.0 Å². The quantitative estimate of drug-likeness (QED) is 0.469. The maximum atomic E-state index is 13.3. The molecule has 6 atom stereocenters. The van der Waals surface area contributed by atoms with Crippen LogP contribution in [0.15, 0.2) is 35.4 Å². The molecule has 1 saturated heterocycles. The number of aliphatic hydroxyl groups excluding tert-OH is 2. The zero-order valence-corrected chi connectivity index (χ0v) is 19.1. The number of ether oxygens (including phenoxy) is 1. The van der Waals surface area contributed by atoms with Crippen molar-refractivity contribution in [1.29, 1.82) is 0 Å². The van der Waals surface area contributed by atoms with Gasteiger partial charge in [-0.2, -0.15) is 5.10 Å². The molecule has 0 aromatic heterocycles. The molecular formula is C24H31N3O6. The number of nitrogens with zero attached hydrogens (tertiary/aromatic N) is 2. The summed E-state index contributed by atoms with van der Waals surface area (Å²) in [5.41, 5.74) is 3.05. The molecule has 1 aromatic rings. The number of carbonyl (C=O) groups excluding carboxylic acids is 3. The van der Waals surface area contributed by atoms with E-state index in [9.17, 15) is 24.6 Å². The van der Waals surface area contributed by atoms with E-state index in [0.717, 1.165) is 5.56 Å². The lowest BCUT2D eigenvalue weighted by Crippen LogP contribution is -2.55. The molecule has 0 bridgehead atoms. The first-order valence-electron chi connectivity index (χ1n) is 11.4. The predicted octanol–water partition coefficient (Wildman–Crippen LogP) is 1.82. The van der Waals surface area contributed by atoms with Crippen LogP contribution in [-0.4, -0.2) is 56.5 Å². The highest BCUT2D eigenvalue weighted by molar-refractivity contribution is 6.06. The number of nitrogens with one attached hydrogen (secondary N) is 1. The molecule has 33 heavy (non-hydrogen) atoms. The summed E-state index contributed by atoms with van der Waals surface area (Å²) >= 11 is 0. The molecule has 3 fully saturated rings. The Kier molecular flexibility index (Phi) is 6.28. The Morgan fingerprint density at radius 2 is 1.79 bits per heavy atom. The van der Waals surface area contributed by atoms with Crippen LogP contribution in [0.25, 0.3) is 0 Å². The van der Waals surface area contributed by atoms with Gasteiger partial charge in [-0.25, -0.2) is 10.2 Å². The van der Waals surface area contributed by atoms with Crippen LogP contribution in [0.3, 0.4) is 0 Å². The number of aliphatic hydroxyl groups is 2. The highest BCUT2D eigenvalue weighted by Crippen LogP contribution is 2.50. The molecule has 9 heteroatoms. The smallest absolute Gasteiger partial charge is 0.428 e. The Morgan fingerprint density at radius 3 is 2.45 bits per heavy atom. The molecular weight excluding hydrogens is 426 g/mol. The minimum atomic E-state index is -1.15. The lowest BCUT2D eigenvalue weighted by atomic mass is 9.60. The van der Waals surface area contributed by atoms with E-state index in [4.69, 9.17) is 4.74 Å². The molecule has 3 amide bonds. The molecule has 4 rings (SSSR count). The fraction of sp³-hybridized carbons (Fsp3) is 0.583. The van der Waals surface area contributed by atoms with E-state index in [-0.39, 0.29) is 30.8 Å². The molecule has 3 aliphatic rings. The molecule has 2 saturated carbocycles. The van der Waals surface area contributed by atoms with Gasteiger partial charge in [-0.3, -0.25) is 14.5 Å². The van der Waals surface area contributed by atoms with E-state index < -0.39 is 41.6 Å². The van der Waals surface area contributed by atoms with Gasteiger partial charge in [-0.15, -0.1) is 0 Å². The average molecular weight is 458 g/mol. The summed E-state index contributed by atoms with van der Waals surface area (Å²) in [6.45, 7) is 5.51. The second kappa shape index (κ2) is 8.87. The number of hydrazone groups is 1. The summed E-state index contributed by atoms with van der Waals surface area (Å²) in [6.07, 6.45) is -1.93. The van der Waals surface area contributed by atoms with Crippen molar-refractivity contribution in [1.82, 2.24) is 10.3 Å². The van der Waals surface area contributed by atoms with Crippen LogP contribution in [0.5, 0.6) is 0 Å². The number of fused-ring (bicyclic) bond motifs is 3. The van der Waals surface area contributed by atoms with Gasteiger partial charge in [-0.1, -0.05) is 30.3 Å². The summed E-state index contributed by atoms with van der Waals surface area (Å²) < 4.78 is 5.18. The third-order valence-electron chi connectivity index (χ3n) is 6.95. The Hall–Kier alpha value is -2.78. The van der Waals surface area contributed by atoms with Gasteiger partial charge in [-0.05, 0) is 39.2 Å². The Labute approximate surface area is 192 Å². The van der Waals surface area contributed by atoms with E-state index >= 15 is 0 Å². The second-order valence-electron chi connectivity index (χ2n) is 10.1. The third kappa shape index (κ3) is 4.39. The van der Waals surface area contributed by atoms with E-state index in [2.05, 4.69) is 10.5 Å². The van der Waals surface area contributed by atoms with Crippen molar-refractivity contribution in [2.75, 3.05) is 0 Å². The number of likely N-dealkylation sites (tertiary alicyclic amines) is 1. The molecule has 178 valence electrons. The summed E-state index contributed by atoms with van der Waals surface area (Å²) in [6, 6.07) is 9.23. The maximum absolute atomic E-state index is 13.3. The molecule has 2 aliphatic carbocycles. The molecule has 9 nitrogen and oxygen atoms in total. The zero-order chi connectivity index (χ0) is 23.9. The second-order valence-corrected chi connectivity index (χ2v) is 10.1. The highest BCUT2D eigenvalue weighted by Gasteiger charge is 2.61. The molecule has 1 aromatic carbocycles. The summed E-state index contributed by atoms with van der Waals surface area (Å²) in [4.78, 5) is 39.7. The highest BCUT2D eigenvalue weighted by atomic mass is 16.6. The number of benzene rings is 1. The minimum absolute atomic E-state index is 0.0732. The van der Waals surface area contributed by atoms with Gasteiger partial charge < -0.3 is 14.9 Å². The number of hydrogen-bond acceptors (Lipinski definition) is 7. The first kappa shape index (κ1) is 23.4. The van der Waals surface area contributed by atoms with Crippen LogP contribution < -0.4 is 5.43 Å². The topological polar surface area (TPSA) is 129 Å². The fourth-order valence-corrected chi connectivity index (χ4v) is 5.53. The minimum Gasteiger partial charge on any atom is -0.443 e. The van der Waals surface area contributed by atoms with Crippen LogP contribution in [-0.2, 0) is 20.9 Å². The molecule has 1 heterocycles. The first-order valence-corrected chi connectivity index (χ1v) is 11.4. The zero-order valence-electron chi connectivity index (χ0n) is 19.1. The van der Waals surface area contributed by atoms with Crippen LogP contribution in [0.4, 0.5) is 4.79 Å². The van der Waals surface area contributed by atoms with Crippen LogP contribution >= 0.6 is 0 Å². The fourth-order valence-electron chi connectivity index (χ4n) is 5.53. The molecule has 3 N–H and O–H groups in total. The van der Waals surface area contributed by atoms with E-state index in [1.807, 2.05) is 51.1 Å². The van der Waals surface area contributed by atoms with Crippen LogP contribution in [0.1, 0.15) is 45.6 Å². The largest absolute Gasteiger partial charge is 0.443 e. The SMILES string of the molecule is CC(C)(C)N1C(=O)[C@H]2[C@H]3[C@H](O)[C@H](O)CC(=NNC(=O)OCc4ccccc4)[C@@H]3CC[C@H]2C1=O. The number of hydrogen-bond donors (Lipinski definition) is 3. The monoisotopic (exact) mass is 457 g/mol. The molecule has 1 aliphatic heterocycles. The molecule has 0 unspecified atom stereocenters. The van der Waals surface area contributed by atoms with Gasteiger partial charge in [0.2, 0.25) is 11.8 Å². The lowest BCUT2D eigenvalue weighted by Gasteiger charge is -2.45. The molecule has 0 radical (unpaired) electrons. The predicted molar refractivity (Wildman–Crippen MR) is 119 cm³/mol. The van der Waals surface area contributed by atoms with Crippen molar-refractivity contribution in [2.24, 2.45) is 28.8 Å². The maximum Gasteiger partial charge on any atom is 0.428 e. The summed E-state index contributed by atoms with van der Waals surface area (Å²) in [7, 11) is 0. The normalized spacial score (nSPS) is 33.0. The number of carbonyl (C=O) groups is 3. The number of amides is 3. The average Bonchev–Trinajstić information content (AvgIpc) is 3.04. The van der Waals surface area contributed by atoms with Crippen molar-refractivity contribution in [3.05, 3.63) is 35.9 Å². The standard InChI is InChI=1S/C24H31N3O6/c1-24(2,3)27-21(30)15-10-9-14-16(11-17(28)20(29)18(14)19(15)22(27)31)25-26-23(32)33-12-13-7-5-4-6-8-13/h4-8,14-15,17-20,28-29H,9-12H2,1-3H3,(H,26,32)/t14-,15+,17+,18-,19+,20+/m0/s1. The van der Waals surface area contributed by atoms with E-state index in [1.54, 1.807) is 0 Å². The van der Waals surface area contributed by atoms with Gasteiger partial charge in [0, 0.05) is 29.5 Å². The summed E-state index contributed by atoms with van der Waals surface area (Å²) in [5, 5.41) is 25.5. The Bertz CT molecular complexity index is 957. The van der Waals surface area contributed by atoms with Gasteiger partial charge in [0.1, 0.15) is 6.61 Å². The first-order chi connectivity index (χ1) is 15.6. The number of rotatable bonds is 3. The van der Waals surface area contributed by atoms with Crippen molar-refractivity contribution in [3.8, 4) is 0 Å². The van der Waals surface area contributed by atoms with Crippen molar-refractivity contribution in [3.63, 3.8) is 0 Å². The van der Waals surface area contributed by atoms with Gasteiger partial charge in [0.25, 0.3) is 0 Å².